The Hall–Kier alpha value is -4.02. The standard InChI is InChI=1S/C29H19Cl2N7S2/c30-22-12-7-13-23(31)21(22)17-32-20-14-15-24-25(16-20)39-29(35-24)40-28-37-26(33-18-8-3-1-4-9-18)36-27(38-28)34-19-10-5-2-6-11-19/h1-17H,(H2,33,34,36,37,38). The number of fused-ring (bicyclic) bond motifs is 1. The van der Waals surface area contributed by atoms with Crippen LogP contribution in [-0.2, 0) is 0 Å². The monoisotopic (exact) mass is 599 g/mol. The van der Waals surface area contributed by atoms with Gasteiger partial charge >= 0.3 is 0 Å². The molecule has 0 spiro atoms. The van der Waals surface area contributed by atoms with Crippen LogP contribution in [-0.4, -0.2) is 26.2 Å². The van der Waals surface area contributed by atoms with E-state index in [0.29, 0.717) is 32.7 Å². The molecule has 6 rings (SSSR count). The van der Waals surface area contributed by atoms with Crippen LogP contribution in [0.4, 0.5) is 29.0 Å². The van der Waals surface area contributed by atoms with Crippen LogP contribution < -0.4 is 10.6 Å². The van der Waals surface area contributed by atoms with E-state index in [1.165, 1.54) is 23.1 Å². The van der Waals surface area contributed by atoms with Crippen molar-refractivity contribution in [2.24, 2.45) is 4.99 Å². The summed E-state index contributed by atoms with van der Waals surface area (Å²) in [7, 11) is 0. The molecular weight excluding hydrogens is 581 g/mol. The van der Waals surface area contributed by atoms with Gasteiger partial charge in [0.25, 0.3) is 0 Å². The van der Waals surface area contributed by atoms with E-state index in [1.54, 1.807) is 24.4 Å². The van der Waals surface area contributed by atoms with Gasteiger partial charge in [0.1, 0.15) is 0 Å². The van der Waals surface area contributed by atoms with Crippen LogP contribution in [0, 0.1) is 0 Å². The second kappa shape index (κ2) is 12.0. The third-order valence-corrected chi connectivity index (χ3v) is 8.15. The number of aliphatic imine (C=N–C) groups is 1. The van der Waals surface area contributed by atoms with Crippen LogP contribution in [0.2, 0.25) is 10.0 Å². The fourth-order valence-corrected chi connectivity index (χ4v) is 6.13. The SMILES string of the molecule is Clc1cccc(Cl)c1C=Nc1ccc2nc(Sc3nc(Nc4ccccc4)nc(Nc4ccccc4)n3)sc2c1. The highest BCUT2D eigenvalue weighted by Gasteiger charge is 2.13. The molecule has 2 N–H and O–H groups in total. The molecule has 0 saturated heterocycles. The summed E-state index contributed by atoms with van der Waals surface area (Å²) in [6, 6.07) is 30.7. The summed E-state index contributed by atoms with van der Waals surface area (Å²) in [6.07, 6.45) is 1.68. The Morgan fingerprint density at radius 1 is 0.700 bits per heavy atom. The zero-order valence-corrected chi connectivity index (χ0v) is 23.8. The summed E-state index contributed by atoms with van der Waals surface area (Å²) < 4.78 is 1.79. The van der Waals surface area contributed by atoms with Gasteiger partial charge in [-0.25, -0.2) is 4.98 Å². The molecule has 4 aromatic carbocycles. The van der Waals surface area contributed by atoms with Crippen molar-refractivity contribution in [3.63, 3.8) is 0 Å². The van der Waals surface area contributed by atoms with Gasteiger partial charge in [0.15, 0.2) is 4.34 Å². The molecule has 6 aromatic rings. The molecular formula is C29H19Cl2N7S2. The molecule has 0 saturated carbocycles. The minimum absolute atomic E-state index is 0.429. The van der Waals surface area contributed by atoms with Crippen molar-refractivity contribution in [2.45, 2.75) is 9.50 Å². The molecule has 0 amide bonds. The number of para-hydroxylation sites is 2. The van der Waals surface area contributed by atoms with Crippen LogP contribution in [0.25, 0.3) is 10.2 Å². The quantitative estimate of drug-likeness (QED) is 0.168. The minimum Gasteiger partial charge on any atom is -0.324 e. The average molecular weight is 601 g/mol. The van der Waals surface area contributed by atoms with Gasteiger partial charge < -0.3 is 10.6 Å². The number of hydrogen-bond acceptors (Lipinski definition) is 9. The lowest BCUT2D eigenvalue weighted by atomic mass is 10.2. The maximum absolute atomic E-state index is 6.27. The zero-order chi connectivity index (χ0) is 27.3. The molecule has 11 heteroatoms. The van der Waals surface area contributed by atoms with Crippen LogP contribution in [0.5, 0.6) is 0 Å². The van der Waals surface area contributed by atoms with Gasteiger partial charge in [-0.05, 0) is 66.4 Å². The van der Waals surface area contributed by atoms with Crippen molar-refractivity contribution in [3.8, 4) is 0 Å². The lowest BCUT2D eigenvalue weighted by Gasteiger charge is -2.09. The molecule has 2 aromatic heterocycles. The maximum Gasteiger partial charge on any atom is 0.233 e. The summed E-state index contributed by atoms with van der Waals surface area (Å²) in [5.41, 5.74) is 4.07. The lowest BCUT2D eigenvalue weighted by molar-refractivity contribution is 0.919. The molecule has 0 aliphatic rings. The summed E-state index contributed by atoms with van der Waals surface area (Å²) in [4.78, 5) is 23.2. The predicted molar refractivity (Wildman–Crippen MR) is 167 cm³/mol. The third kappa shape index (κ3) is 6.40. The molecule has 2 heterocycles. The van der Waals surface area contributed by atoms with Gasteiger partial charge in [0.2, 0.25) is 17.1 Å². The van der Waals surface area contributed by atoms with E-state index in [1.807, 2.05) is 78.9 Å². The van der Waals surface area contributed by atoms with E-state index < -0.39 is 0 Å². The van der Waals surface area contributed by atoms with E-state index in [9.17, 15) is 0 Å². The molecule has 0 atom stereocenters. The molecule has 0 aliphatic heterocycles. The first-order valence-electron chi connectivity index (χ1n) is 12.1. The fourth-order valence-electron chi connectivity index (χ4n) is 3.68. The van der Waals surface area contributed by atoms with Gasteiger partial charge in [-0.3, -0.25) is 4.99 Å². The van der Waals surface area contributed by atoms with Crippen molar-refractivity contribution >= 4 is 91.7 Å². The summed E-state index contributed by atoms with van der Waals surface area (Å²) in [5.74, 6) is 0.858. The van der Waals surface area contributed by atoms with Crippen molar-refractivity contribution in [1.29, 1.82) is 0 Å². The zero-order valence-electron chi connectivity index (χ0n) is 20.6. The van der Waals surface area contributed by atoms with Crippen molar-refractivity contribution in [2.75, 3.05) is 10.6 Å². The number of hydrogen-bond donors (Lipinski definition) is 2. The van der Waals surface area contributed by atoms with E-state index >= 15 is 0 Å². The van der Waals surface area contributed by atoms with Gasteiger partial charge in [-0.1, -0.05) is 65.7 Å². The van der Waals surface area contributed by atoms with Gasteiger partial charge in [-0.15, -0.1) is 11.3 Å². The summed E-state index contributed by atoms with van der Waals surface area (Å²) in [6.45, 7) is 0. The molecule has 0 bridgehead atoms. The maximum atomic E-state index is 6.27. The molecule has 196 valence electrons. The number of nitrogens with zero attached hydrogens (tertiary/aromatic N) is 5. The molecule has 40 heavy (non-hydrogen) atoms. The first-order chi connectivity index (χ1) is 19.6. The highest BCUT2D eigenvalue weighted by Crippen LogP contribution is 2.35. The van der Waals surface area contributed by atoms with Crippen LogP contribution >= 0.6 is 46.3 Å². The van der Waals surface area contributed by atoms with E-state index in [-0.39, 0.29) is 0 Å². The number of aromatic nitrogens is 4. The van der Waals surface area contributed by atoms with E-state index in [4.69, 9.17) is 28.2 Å². The van der Waals surface area contributed by atoms with Crippen molar-refractivity contribution in [1.82, 2.24) is 19.9 Å². The average Bonchev–Trinajstić information content (AvgIpc) is 3.35. The molecule has 0 fully saturated rings. The summed E-state index contributed by atoms with van der Waals surface area (Å²) in [5, 5.41) is 8.13. The number of nitrogens with one attached hydrogen (secondary N) is 2. The van der Waals surface area contributed by atoms with Crippen molar-refractivity contribution < 1.29 is 0 Å². The normalized spacial score (nSPS) is 11.2. The fraction of sp³-hybridized carbons (Fsp3) is 0. The Labute approximate surface area is 248 Å². The second-order valence-corrected chi connectivity index (χ2v) is 11.4. The third-order valence-electron chi connectivity index (χ3n) is 5.55. The Kier molecular flexibility index (Phi) is 7.87. The summed E-state index contributed by atoms with van der Waals surface area (Å²) >= 11 is 15.5. The van der Waals surface area contributed by atoms with E-state index in [0.717, 1.165) is 31.6 Å². The largest absolute Gasteiger partial charge is 0.324 e. The Balaban J connectivity index is 1.27. The number of halogens is 2. The Morgan fingerprint density at radius 2 is 1.32 bits per heavy atom. The predicted octanol–water partition coefficient (Wildman–Crippen LogP) is 9.18. The topological polar surface area (TPSA) is 88.0 Å². The van der Waals surface area contributed by atoms with Gasteiger partial charge in [0, 0.05) is 23.2 Å². The van der Waals surface area contributed by atoms with Crippen LogP contribution in [0.15, 0.2) is 112 Å². The number of anilines is 4. The number of thiazole rings is 1. The lowest BCUT2D eigenvalue weighted by Crippen LogP contribution is -2.05. The minimum atomic E-state index is 0.429. The highest BCUT2D eigenvalue weighted by molar-refractivity contribution is 8.01. The number of rotatable bonds is 8. The Bertz CT molecular complexity index is 1730. The van der Waals surface area contributed by atoms with Gasteiger partial charge in [-0.2, -0.15) is 15.0 Å². The van der Waals surface area contributed by atoms with Crippen LogP contribution in [0.3, 0.4) is 0 Å². The van der Waals surface area contributed by atoms with Crippen molar-refractivity contribution in [3.05, 3.63) is 113 Å². The first kappa shape index (κ1) is 26.2. The molecule has 7 nitrogen and oxygen atoms in total. The molecule has 0 aliphatic carbocycles. The Morgan fingerprint density at radius 3 is 1.95 bits per heavy atom. The first-order valence-corrected chi connectivity index (χ1v) is 14.4. The van der Waals surface area contributed by atoms with Crippen LogP contribution in [0.1, 0.15) is 5.56 Å². The smallest absolute Gasteiger partial charge is 0.233 e. The molecule has 0 unspecified atom stereocenters. The highest BCUT2D eigenvalue weighted by atomic mass is 35.5. The van der Waals surface area contributed by atoms with Gasteiger partial charge in [0.05, 0.1) is 25.9 Å². The van der Waals surface area contributed by atoms with E-state index in [2.05, 4.69) is 30.6 Å². The molecule has 0 radical (unpaired) electrons. The second-order valence-electron chi connectivity index (χ2n) is 8.37. The number of benzene rings is 4.